The Balaban J connectivity index is 1.99. The van der Waals surface area contributed by atoms with Crippen molar-refractivity contribution in [2.75, 3.05) is 11.9 Å². The summed E-state index contributed by atoms with van der Waals surface area (Å²) < 4.78 is 4.94. The van der Waals surface area contributed by atoms with E-state index in [2.05, 4.69) is 10.6 Å². The van der Waals surface area contributed by atoms with Crippen molar-refractivity contribution in [2.24, 2.45) is 0 Å². The molecule has 0 spiro atoms. The maximum atomic E-state index is 11.3. The van der Waals surface area contributed by atoms with Crippen LogP contribution >= 0.6 is 0 Å². The Bertz CT molecular complexity index is 348. The Morgan fingerprint density at radius 2 is 2.12 bits per heavy atom. The van der Waals surface area contributed by atoms with Gasteiger partial charge in [0.25, 0.3) is 0 Å². The van der Waals surface area contributed by atoms with Crippen LogP contribution in [0.3, 0.4) is 0 Å². The average molecular weight is 240 g/mol. The molecule has 0 aromatic carbocycles. The summed E-state index contributed by atoms with van der Waals surface area (Å²) in [5.74, 6) is -0.387. The molecule has 6 nitrogen and oxygen atoms in total. The van der Waals surface area contributed by atoms with Gasteiger partial charge in [0.1, 0.15) is 0 Å². The standard InChI is InChI=1S/C11H16N2O4/c14-10(15)6-2-1-3-7-12-11(16)13-9-5-4-8-17-9/h4-5,8H,1-3,6-7H2,(H,14,15)(H2,12,13,16). The molecule has 0 fully saturated rings. The highest BCUT2D eigenvalue weighted by Gasteiger charge is 2.02. The van der Waals surface area contributed by atoms with Gasteiger partial charge in [0.05, 0.1) is 6.26 Å². The van der Waals surface area contributed by atoms with Gasteiger partial charge in [-0.25, -0.2) is 4.79 Å². The van der Waals surface area contributed by atoms with Gasteiger partial charge in [-0.05, 0) is 18.9 Å². The summed E-state index contributed by atoms with van der Waals surface area (Å²) in [6.07, 6.45) is 3.84. The van der Waals surface area contributed by atoms with E-state index in [1.54, 1.807) is 12.1 Å². The highest BCUT2D eigenvalue weighted by molar-refractivity contribution is 5.87. The molecule has 0 saturated heterocycles. The Morgan fingerprint density at radius 1 is 1.29 bits per heavy atom. The first-order chi connectivity index (χ1) is 8.18. The van der Waals surface area contributed by atoms with Crippen LogP contribution in [-0.4, -0.2) is 23.7 Å². The Labute approximate surface area is 99.0 Å². The summed E-state index contributed by atoms with van der Waals surface area (Å²) in [5, 5.41) is 13.6. The number of nitrogens with one attached hydrogen (secondary N) is 2. The number of urea groups is 1. The Kier molecular flexibility index (Phi) is 5.63. The number of carbonyl (C=O) groups is 2. The van der Waals surface area contributed by atoms with Gasteiger partial charge in [0.2, 0.25) is 5.88 Å². The van der Waals surface area contributed by atoms with Crippen LogP contribution in [0.4, 0.5) is 10.7 Å². The van der Waals surface area contributed by atoms with Gasteiger partial charge in [-0.2, -0.15) is 0 Å². The predicted octanol–water partition coefficient (Wildman–Crippen LogP) is 2.05. The monoisotopic (exact) mass is 240 g/mol. The third-order valence-electron chi connectivity index (χ3n) is 2.11. The number of hydrogen-bond donors (Lipinski definition) is 3. The van der Waals surface area contributed by atoms with Crippen molar-refractivity contribution in [2.45, 2.75) is 25.7 Å². The second kappa shape index (κ2) is 7.32. The summed E-state index contributed by atoms with van der Waals surface area (Å²) in [4.78, 5) is 21.5. The summed E-state index contributed by atoms with van der Waals surface area (Å²) in [5.41, 5.74) is 0. The van der Waals surface area contributed by atoms with Gasteiger partial charge in [0, 0.05) is 19.0 Å². The van der Waals surface area contributed by atoms with E-state index < -0.39 is 5.97 Å². The summed E-state index contributed by atoms with van der Waals surface area (Å²) in [6, 6.07) is 3.01. The van der Waals surface area contributed by atoms with E-state index in [-0.39, 0.29) is 12.5 Å². The molecule has 1 rings (SSSR count). The number of carbonyl (C=O) groups excluding carboxylic acids is 1. The molecule has 2 amide bonds. The van der Waals surface area contributed by atoms with Crippen LogP contribution in [0.25, 0.3) is 0 Å². The molecular formula is C11H16N2O4. The van der Waals surface area contributed by atoms with E-state index in [1.165, 1.54) is 6.26 Å². The molecule has 1 aromatic rings. The maximum absolute atomic E-state index is 11.3. The number of carboxylic acids is 1. The van der Waals surface area contributed by atoms with E-state index in [9.17, 15) is 9.59 Å². The highest BCUT2D eigenvalue weighted by Crippen LogP contribution is 2.05. The van der Waals surface area contributed by atoms with Crippen LogP contribution in [0, 0.1) is 0 Å². The number of carboxylic acid groups (broad SMARTS) is 1. The van der Waals surface area contributed by atoms with Crippen molar-refractivity contribution in [1.29, 1.82) is 0 Å². The van der Waals surface area contributed by atoms with Crippen molar-refractivity contribution in [3.05, 3.63) is 18.4 Å². The molecule has 0 atom stereocenters. The molecule has 1 aromatic heterocycles. The first-order valence-corrected chi connectivity index (χ1v) is 5.48. The van der Waals surface area contributed by atoms with Crippen LogP contribution in [0.15, 0.2) is 22.8 Å². The fourth-order valence-corrected chi connectivity index (χ4v) is 1.29. The SMILES string of the molecule is O=C(O)CCCCCNC(=O)Nc1ccco1. The lowest BCUT2D eigenvalue weighted by molar-refractivity contribution is -0.137. The lowest BCUT2D eigenvalue weighted by Gasteiger charge is -2.04. The zero-order chi connectivity index (χ0) is 12.5. The predicted molar refractivity (Wildman–Crippen MR) is 61.8 cm³/mol. The van der Waals surface area contributed by atoms with Gasteiger partial charge in [-0.1, -0.05) is 6.42 Å². The molecule has 6 heteroatoms. The number of rotatable bonds is 7. The first-order valence-electron chi connectivity index (χ1n) is 5.48. The fourth-order valence-electron chi connectivity index (χ4n) is 1.29. The number of anilines is 1. The largest absolute Gasteiger partial charge is 0.481 e. The quantitative estimate of drug-likeness (QED) is 0.636. The van der Waals surface area contributed by atoms with Crippen LogP contribution < -0.4 is 10.6 Å². The van der Waals surface area contributed by atoms with Crippen LogP contribution in [-0.2, 0) is 4.79 Å². The van der Waals surface area contributed by atoms with Crippen molar-refractivity contribution in [3.63, 3.8) is 0 Å². The van der Waals surface area contributed by atoms with Gasteiger partial charge < -0.3 is 14.8 Å². The summed E-state index contributed by atoms with van der Waals surface area (Å²) in [7, 11) is 0. The molecular weight excluding hydrogens is 224 g/mol. The lowest BCUT2D eigenvalue weighted by Crippen LogP contribution is -2.29. The third-order valence-corrected chi connectivity index (χ3v) is 2.11. The van der Waals surface area contributed by atoms with E-state index in [0.717, 1.165) is 12.8 Å². The molecule has 0 radical (unpaired) electrons. The zero-order valence-electron chi connectivity index (χ0n) is 9.44. The number of furan rings is 1. The van der Waals surface area contributed by atoms with E-state index >= 15 is 0 Å². The lowest BCUT2D eigenvalue weighted by atomic mass is 10.2. The molecule has 94 valence electrons. The topological polar surface area (TPSA) is 91.6 Å². The molecule has 0 aliphatic carbocycles. The highest BCUT2D eigenvalue weighted by atomic mass is 16.4. The van der Waals surface area contributed by atoms with Crippen molar-refractivity contribution < 1.29 is 19.1 Å². The smallest absolute Gasteiger partial charge is 0.321 e. The van der Waals surface area contributed by atoms with Crippen molar-refractivity contribution in [3.8, 4) is 0 Å². The number of aliphatic carboxylic acids is 1. The molecule has 0 bridgehead atoms. The summed E-state index contributed by atoms with van der Waals surface area (Å²) >= 11 is 0. The average Bonchev–Trinajstić information content (AvgIpc) is 2.75. The third kappa shape index (κ3) is 6.24. The molecule has 17 heavy (non-hydrogen) atoms. The van der Waals surface area contributed by atoms with E-state index in [1.807, 2.05) is 0 Å². The van der Waals surface area contributed by atoms with Gasteiger partial charge in [0.15, 0.2) is 0 Å². The van der Waals surface area contributed by atoms with E-state index in [4.69, 9.17) is 9.52 Å². The van der Waals surface area contributed by atoms with Gasteiger partial charge in [-0.15, -0.1) is 0 Å². The Hall–Kier alpha value is -1.98. The number of unbranched alkanes of at least 4 members (excludes halogenated alkanes) is 2. The summed E-state index contributed by atoms with van der Waals surface area (Å²) in [6.45, 7) is 0.520. The molecule has 0 unspecified atom stereocenters. The molecule has 0 aliphatic rings. The fraction of sp³-hybridized carbons (Fsp3) is 0.455. The zero-order valence-corrected chi connectivity index (χ0v) is 9.44. The minimum atomic E-state index is -0.784. The normalized spacial score (nSPS) is 9.88. The second-order valence-electron chi connectivity index (χ2n) is 3.56. The molecule has 3 N–H and O–H groups in total. The minimum absolute atomic E-state index is 0.179. The molecule has 0 saturated carbocycles. The number of amides is 2. The van der Waals surface area contributed by atoms with Gasteiger partial charge in [-0.3, -0.25) is 10.1 Å². The van der Waals surface area contributed by atoms with Crippen LogP contribution in [0.5, 0.6) is 0 Å². The second-order valence-corrected chi connectivity index (χ2v) is 3.56. The maximum Gasteiger partial charge on any atom is 0.321 e. The van der Waals surface area contributed by atoms with Gasteiger partial charge >= 0.3 is 12.0 Å². The molecule has 1 heterocycles. The van der Waals surface area contributed by atoms with Crippen LogP contribution in [0.2, 0.25) is 0 Å². The van der Waals surface area contributed by atoms with Crippen molar-refractivity contribution >= 4 is 17.9 Å². The van der Waals surface area contributed by atoms with Crippen molar-refractivity contribution in [1.82, 2.24) is 5.32 Å². The first kappa shape index (κ1) is 13.1. The van der Waals surface area contributed by atoms with E-state index in [0.29, 0.717) is 18.8 Å². The number of hydrogen-bond acceptors (Lipinski definition) is 3. The minimum Gasteiger partial charge on any atom is -0.481 e. The van der Waals surface area contributed by atoms with Crippen LogP contribution in [0.1, 0.15) is 25.7 Å². The Morgan fingerprint density at radius 3 is 2.76 bits per heavy atom. The molecule has 0 aliphatic heterocycles.